The molecule has 0 unspecified atom stereocenters. The van der Waals surface area contributed by atoms with Crippen molar-refractivity contribution in [2.75, 3.05) is 25.6 Å². The van der Waals surface area contributed by atoms with E-state index in [1.807, 2.05) is 50.2 Å². The normalized spacial score (nSPS) is 10.3. The monoisotopic (exact) mass is 372 g/mol. The average Bonchev–Trinajstić information content (AvgIpc) is 2.66. The first kappa shape index (κ1) is 20.2. The van der Waals surface area contributed by atoms with Gasteiger partial charge in [0.25, 0.3) is 11.5 Å². The van der Waals surface area contributed by atoms with Gasteiger partial charge in [-0.2, -0.15) is 5.10 Å². The van der Waals surface area contributed by atoms with Gasteiger partial charge >= 0.3 is 5.97 Å². The molecule has 27 heavy (non-hydrogen) atoms. The minimum absolute atomic E-state index is 0.00451. The van der Waals surface area contributed by atoms with Crippen molar-refractivity contribution < 1.29 is 14.3 Å². The first-order valence-corrected chi connectivity index (χ1v) is 8.69. The van der Waals surface area contributed by atoms with Crippen LogP contribution in [0.25, 0.3) is 0 Å². The highest BCUT2D eigenvalue weighted by atomic mass is 16.5. The number of carbonyl (C=O) groups excluding carboxylic acids is 2. The summed E-state index contributed by atoms with van der Waals surface area (Å²) in [6, 6.07) is 10.3. The maximum absolute atomic E-state index is 12.0. The van der Waals surface area contributed by atoms with Crippen molar-refractivity contribution in [3.05, 3.63) is 58.0 Å². The summed E-state index contributed by atoms with van der Waals surface area (Å²) >= 11 is 0. The molecule has 8 nitrogen and oxygen atoms in total. The molecule has 0 saturated carbocycles. The molecule has 0 atom stereocenters. The van der Waals surface area contributed by atoms with Crippen molar-refractivity contribution in [2.45, 2.75) is 26.4 Å². The molecule has 0 aliphatic carbocycles. The second-order valence-electron chi connectivity index (χ2n) is 6.19. The molecule has 0 aliphatic heterocycles. The van der Waals surface area contributed by atoms with Gasteiger partial charge in [0.05, 0.1) is 0 Å². The summed E-state index contributed by atoms with van der Waals surface area (Å²) in [7, 11) is 3.91. The van der Waals surface area contributed by atoms with Gasteiger partial charge < -0.3 is 15.0 Å². The van der Waals surface area contributed by atoms with E-state index in [2.05, 4.69) is 10.4 Å². The van der Waals surface area contributed by atoms with E-state index in [-0.39, 0.29) is 11.3 Å². The van der Waals surface area contributed by atoms with Crippen molar-refractivity contribution in [1.29, 1.82) is 0 Å². The Balaban J connectivity index is 1.83. The highest BCUT2D eigenvalue weighted by Gasteiger charge is 2.13. The lowest BCUT2D eigenvalue weighted by atomic mass is 10.2. The maximum Gasteiger partial charge on any atom is 0.359 e. The first-order valence-electron chi connectivity index (χ1n) is 8.69. The number of ether oxygens (including phenoxy) is 1. The van der Waals surface area contributed by atoms with Crippen molar-refractivity contribution in [3.8, 4) is 0 Å². The van der Waals surface area contributed by atoms with Crippen LogP contribution in [0, 0.1) is 0 Å². The zero-order chi connectivity index (χ0) is 19.8. The molecule has 1 aromatic heterocycles. The third kappa shape index (κ3) is 5.95. The molecule has 0 radical (unpaired) electrons. The van der Waals surface area contributed by atoms with E-state index in [0.29, 0.717) is 19.5 Å². The third-order valence-corrected chi connectivity index (χ3v) is 3.79. The lowest BCUT2D eigenvalue weighted by Crippen LogP contribution is -2.29. The van der Waals surface area contributed by atoms with E-state index in [9.17, 15) is 14.4 Å². The molecule has 1 heterocycles. The van der Waals surface area contributed by atoms with Crippen LogP contribution in [0.4, 0.5) is 5.69 Å². The van der Waals surface area contributed by atoms with E-state index in [4.69, 9.17) is 4.74 Å². The number of carbonyl (C=O) groups is 2. The van der Waals surface area contributed by atoms with Crippen LogP contribution in [-0.4, -0.2) is 42.4 Å². The molecule has 0 aliphatic rings. The number of aryl methyl sites for hydroxylation is 1. The number of nitrogens with zero attached hydrogens (tertiary/aromatic N) is 3. The van der Waals surface area contributed by atoms with Crippen LogP contribution in [0.3, 0.4) is 0 Å². The second-order valence-corrected chi connectivity index (χ2v) is 6.19. The molecule has 0 fully saturated rings. The fourth-order valence-electron chi connectivity index (χ4n) is 2.30. The van der Waals surface area contributed by atoms with E-state index < -0.39 is 18.5 Å². The standard InChI is InChI=1S/C19H24N4O4/c1-4-11-23-18(25)10-9-16(21-23)19(26)27-13-17(24)20-12-14-5-7-15(8-6-14)22(2)3/h5-10H,4,11-13H2,1-3H3,(H,20,24). The Morgan fingerprint density at radius 2 is 1.85 bits per heavy atom. The smallest absolute Gasteiger partial charge is 0.359 e. The van der Waals surface area contributed by atoms with Crippen LogP contribution >= 0.6 is 0 Å². The van der Waals surface area contributed by atoms with E-state index in [0.717, 1.165) is 11.3 Å². The van der Waals surface area contributed by atoms with Crippen molar-refractivity contribution in [1.82, 2.24) is 15.1 Å². The largest absolute Gasteiger partial charge is 0.451 e. The predicted octanol–water partition coefficient (Wildman–Crippen LogP) is 1.19. The molecule has 1 amide bonds. The molecule has 0 bridgehead atoms. The van der Waals surface area contributed by atoms with Crippen LogP contribution < -0.4 is 15.8 Å². The number of hydrogen-bond donors (Lipinski definition) is 1. The van der Waals surface area contributed by atoms with Gasteiger partial charge in [0.2, 0.25) is 0 Å². The topological polar surface area (TPSA) is 93.5 Å². The highest BCUT2D eigenvalue weighted by Crippen LogP contribution is 2.11. The predicted molar refractivity (Wildman–Crippen MR) is 102 cm³/mol. The molecule has 0 spiro atoms. The summed E-state index contributed by atoms with van der Waals surface area (Å²) in [5.41, 5.74) is 1.71. The molecule has 144 valence electrons. The van der Waals surface area contributed by atoms with Crippen molar-refractivity contribution >= 4 is 17.6 Å². The fourth-order valence-corrected chi connectivity index (χ4v) is 2.30. The molecule has 1 N–H and O–H groups in total. The maximum atomic E-state index is 12.0. The summed E-state index contributed by atoms with van der Waals surface area (Å²) in [6.07, 6.45) is 0.712. The molecular formula is C19H24N4O4. The SMILES string of the molecule is CCCn1nc(C(=O)OCC(=O)NCc2ccc(N(C)C)cc2)ccc1=O. The van der Waals surface area contributed by atoms with Crippen LogP contribution in [0.5, 0.6) is 0 Å². The zero-order valence-corrected chi connectivity index (χ0v) is 15.8. The summed E-state index contributed by atoms with van der Waals surface area (Å²) < 4.78 is 6.17. The Morgan fingerprint density at radius 3 is 2.48 bits per heavy atom. The number of nitrogens with one attached hydrogen (secondary N) is 1. The first-order chi connectivity index (χ1) is 12.9. The molecule has 8 heteroatoms. The van der Waals surface area contributed by atoms with Crippen LogP contribution in [0.15, 0.2) is 41.2 Å². The molecule has 2 rings (SSSR count). The average molecular weight is 372 g/mol. The van der Waals surface area contributed by atoms with Crippen LogP contribution in [-0.2, 0) is 22.6 Å². The summed E-state index contributed by atoms with van der Waals surface area (Å²) in [6.45, 7) is 2.23. The van der Waals surface area contributed by atoms with Gasteiger partial charge in [-0.1, -0.05) is 19.1 Å². The Bertz CT molecular complexity index is 844. The Labute approximate surface area is 157 Å². The van der Waals surface area contributed by atoms with E-state index in [1.165, 1.54) is 16.8 Å². The molecular weight excluding hydrogens is 348 g/mol. The Hall–Kier alpha value is -3.16. The van der Waals surface area contributed by atoms with Crippen LogP contribution in [0.2, 0.25) is 0 Å². The van der Waals surface area contributed by atoms with Gasteiger partial charge in [0.15, 0.2) is 12.3 Å². The highest BCUT2D eigenvalue weighted by molar-refractivity contribution is 5.89. The van der Waals surface area contributed by atoms with Gasteiger partial charge in [0, 0.05) is 38.9 Å². The van der Waals surface area contributed by atoms with Gasteiger partial charge in [-0.15, -0.1) is 0 Å². The van der Waals surface area contributed by atoms with Gasteiger partial charge in [-0.3, -0.25) is 9.59 Å². The van der Waals surface area contributed by atoms with Crippen LogP contribution in [0.1, 0.15) is 29.4 Å². The summed E-state index contributed by atoms with van der Waals surface area (Å²) in [5.74, 6) is -1.16. The molecule has 1 aromatic carbocycles. The van der Waals surface area contributed by atoms with E-state index >= 15 is 0 Å². The minimum Gasteiger partial charge on any atom is -0.451 e. The zero-order valence-electron chi connectivity index (χ0n) is 15.8. The second kappa shape index (κ2) is 9.51. The third-order valence-electron chi connectivity index (χ3n) is 3.79. The number of amides is 1. The van der Waals surface area contributed by atoms with Crippen molar-refractivity contribution in [3.63, 3.8) is 0 Å². The minimum atomic E-state index is -0.745. The van der Waals surface area contributed by atoms with E-state index in [1.54, 1.807) is 0 Å². The van der Waals surface area contributed by atoms with Crippen molar-refractivity contribution in [2.24, 2.45) is 0 Å². The number of hydrogen-bond acceptors (Lipinski definition) is 6. The summed E-state index contributed by atoms with van der Waals surface area (Å²) in [5, 5.41) is 6.64. The number of aromatic nitrogens is 2. The number of benzene rings is 1. The lowest BCUT2D eigenvalue weighted by Gasteiger charge is -2.13. The Morgan fingerprint density at radius 1 is 1.15 bits per heavy atom. The number of anilines is 1. The molecule has 0 saturated heterocycles. The van der Waals surface area contributed by atoms with Gasteiger partial charge in [-0.25, -0.2) is 9.48 Å². The lowest BCUT2D eigenvalue weighted by molar-refractivity contribution is -0.124. The fraction of sp³-hybridized carbons (Fsp3) is 0.368. The number of esters is 1. The quantitative estimate of drug-likeness (QED) is 0.700. The molecule has 2 aromatic rings. The summed E-state index contributed by atoms with van der Waals surface area (Å²) in [4.78, 5) is 37.5. The number of rotatable bonds is 8. The van der Waals surface area contributed by atoms with Gasteiger partial charge in [-0.05, 0) is 30.2 Å². The Kier molecular flexibility index (Phi) is 7.10. The van der Waals surface area contributed by atoms with Gasteiger partial charge in [0.1, 0.15) is 0 Å².